The predicted molar refractivity (Wildman–Crippen MR) is 89.5 cm³/mol. The van der Waals surface area contributed by atoms with Gasteiger partial charge >= 0.3 is 0 Å². The van der Waals surface area contributed by atoms with E-state index in [1.165, 1.54) is 0 Å². The number of hydrogen-bond acceptors (Lipinski definition) is 5. The van der Waals surface area contributed by atoms with Crippen molar-refractivity contribution >= 4 is 27.4 Å². The fourth-order valence-electron chi connectivity index (χ4n) is 2.08. The molecule has 0 saturated heterocycles. The number of hydrogen-bond donors (Lipinski definition) is 3. The summed E-state index contributed by atoms with van der Waals surface area (Å²) in [7, 11) is -1.71. The van der Waals surface area contributed by atoms with Crippen molar-refractivity contribution in [3.05, 3.63) is 29.8 Å². The molecule has 23 heavy (non-hydrogen) atoms. The lowest BCUT2D eigenvalue weighted by Crippen LogP contribution is -2.43. The number of benzene rings is 1. The van der Waals surface area contributed by atoms with Crippen LogP contribution in [0.2, 0.25) is 0 Å². The van der Waals surface area contributed by atoms with Crippen LogP contribution in [0.1, 0.15) is 25.3 Å². The molecule has 1 rings (SSSR count). The second kappa shape index (κ2) is 8.64. The molecule has 1 aromatic carbocycles. The monoisotopic (exact) mass is 341 g/mol. The first kappa shape index (κ1) is 19.1. The SMILES string of the molecule is CCCC(NC)C(=O)C(=O)NCc1cccc(NS(C)(=O)=O)c1. The summed E-state index contributed by atoms with van der Waals surface area (Å²) in [6.45, 7) is 2.09. The topological polar surface area (TPSA) is 104 Å². The van der Waals surface area contributed by atoms with E-state index in [0.29, 0.717) is 17.7 Å². The Morgan fingerprint density at radius 2 is 1.96 bits per heavy atom. The highest BCUT2D eigenvalue weighted by Crippen LogP contribution is 2.11. The fourth-order valence-corrected chi connectivity index (χ4v) is 2.64. The van der Waals surface area contributed by atoms with E-state index in [0.717, 1.165) is 12.7 Å². The summed E-state index contributed by atoms with van der Waals surface area (Å²) in [4.78, 5) is 23.9. The average molecular weight is 341 g/mol. The standard InChI is InChI=1S/C15H23N3O4S/c1-4-6-13(16-2)14(19)15(20)17-10-11-7-5-8-12(9-11)18-23(3,21)22/h5,7-9,13,16,18H,4,6,10H2,1-3H3,(H,17,20). The number of sulfonamides is 1. The molecule has 3 N–H and O–H groups in total. The Morgan fingerprint density at radius 1 is 1.26 bits per heavy atom. The van der Waals surface area contributed by atoms with Gasteiger partial charge in [0.1, 0.15) is 0 Å². The lowest BCUT2D eigenvalue weighted by atomic mass is 10.1. The Balaban J connectivity index is 2.65. The maximum absolute atomic E-state index is 12.0. The average Bonchev–Trinajstić information content (AvgIpc) is 2.48. The van der Waals surface area contributed by atoms with Crippen molar-refractivity contribution < 1.29 is 18.0 Å². The molecule has 0 aromatic heterocycles. The van der Waals surface area contributed by atoms with Crippen LogP contribution in [0, 0.1) is 0 Å². The van der Waals surface area contributed by atoms with E-state index in [2.05, 4.69) is 15.4 Å². The van der Waals surface area contributed by atoms with E-state index < -0.39 is 27.8 Å². The lowest BCUT2D eigenvalue weighted by molar-refractivity contribution is -0.139. The number of rotatable bonds is 9. The molecule has 7 nitrogen and oxygen atoms in total. The van der Waals surface area contributed by atoms with Gasteiger partial charge in [0.25, 0.3) is 5.91 Å². The van der Waals surface area contributed by atoms with Gasteiger partial charge in [-0.2, -0.15) is 0 Å². The van der Waals surface area contributed by atoms with Crippen LogP contribution in [0.5, 0.6) is 0 Å². The quantitative estimate of drug-likeness (QED) is 0.572. The maximum Gasteiger partial charge on any atom is 0.289 e. The molecule has 0 bridgehead atoms. The number of likely N-dealkylation sites (N-methyl/N-ethyl adjacent to an activating group) is 1. The zero-order valence-electron chi connectivity index (χ0n) is 13.5. The van der Waals surface area contributed by atoms with Crippen molar-refractivity contribution in [1.82, 2.24) is 10.6 Å². The van der Waals surface area contributed by atoms with Crippen LogP contribution in [0.15, 0.2) is 24.3 Å². The molecule has 0 spiro atoms. The fraction of sp³-hybridized carbons (Fsp3) is 0.467. The third-order valence-electron chi connectivity index (χ3n) is 3.15. The number of carbonyl (C=O) groups excluding carboxylic acids is 2. The first-order valence-corrected chi connectivity index (χ1v) is 9.22. The van der Waals surface area contributed by atoms with Crippen LogP contribution >= 0.6 is 0 Å². The van der Waals surface area contributed by atoms with Crippen LogP contribution in [-0.4, -0.2) is 39.5 Å². The summed E-state index contributed by atoms with van der Waals surface area (Å²) < 4.78 is 24.8. The lowest BCUT2D eigenvalue weighted by Gasteiger charge is -2.13. The molecule has 0 fully saturated rings. The molecule has 1 amide bonds. The van der Waals surface area contributed by atoms with Gasteiger partial charge in [-0.25, -0.2) is 8.42 Å². The predicted octanol–water partition coefficient (Wildman–Crippen LogP) is 0.632. The van der Waals surface area contributed by atoms with Crippen LogP contribution in [0.4, 0.5) is 5.69 Å². The minimum Gasteiger partial charge on any atom is -0.345 e. The second-order valence-corrected chi connectivity index (χ2v) is 7.00. The summed E-state index contributed by atoms with van der Waals surface area (Å²) >= 11 is 0. The molecule has 8 heteroatoms. The molecule has 0 saturated carbocycles. The van der Waals surface area contributed by atoms with Gasteiger partial charge in [0.05, 0.1) is 12.3 Å². The van der Waals surface area contributed by atoms with Crippen molar-refractivity contribution in [2.45, 2.75) is 32.4 Å². The van der Waals surface area contributed by atoms with Gasteiger partial charge in [0, 0.05) is 12.2 Å². The van der Waals surface area contributed by atoms with Crippen molar-refractivity contribution in [1.29, 1.82) is 0 Å². The van der Waals surface area contributed by atoms with Crippen molar-refractivity contribution in [3.63, 3.8) is 0 Å². The molecule has 0 aliphatic rings. The Morgan fingerprint density at radius 3 is 2.52 bits per heavy atom. The van der Waals surface area contributed by atoms with Crippen LogP contribution < -0.4 is 15.4 Å². The van der Waals surface area contributed by atoms with Gasteiger partial charge in [0.15, 0.2) is 0 Å². The van der Waals surface area contributed by atoms with Crippen molar-refractivity contribution in [3.8, 4) is 0 Å². The van der Waals surface area contributed by atoms with Gasteiger partial charge in [-0.15, -0.1) is 0 Å². The molecule has 0 aliphatic heterocycles. The second-order valence-electron chi connectivity index (χ2n) is 5.25. The van der Waals surface area contributed by atoms with E-state index >= 15 is 0 Å². The molecule has 0 radical (unpaired) electrons. The normalized spacial score (nSPS) is 12.5. The van der Waals surface area contributed by atoms with E-state index in [9.17, 15) is 18.0 Å². The summed E-state index contributed by atoms with van der Waals surface area (Å²) in [5, 5.41) is 5.39. The largest absolute Gasteiger partial charge is 0.345 e. The van der Waals surface area contributed by atoms with E-state index in [1.807, 2.05) is 6.92 Å². The number of Topliss-reactive ketones (excluding diaryl/α,β-unsaturated/α-hetero) is 1. The van der Waals surface area contributed by atoms with Gasteiger partial charge in [-0.05, 0) is 31.2 Å². The third-order valence-corrected chi connectivity index (χ3v) is 3.76. The maximum atomic E-state index is 12.0. The Hall–Kier alpha value is -1.93. The summed E-state index contributed by atoms with van der Waals surface area (Å²) in [5.41, 5.74) is 1.10. The number of carbonyl (C=O) groups is 2. The minimum atomic E-state index is -3.36. The van der Waals surface area contributed by atoms with Crippen LogP contribution in [-0.2, 0) is 26.2 Å². The van der Waals surface area contributed by atoms with E-state index in [4.69, 9.17) is 0 Å². The van der Waals surface area contributed by atoms with Crippen LogP contribution in [0.3, 0.4) is 0 Å². The summed E-state index contributed by atoms with van der Waals surface area (Å²) in [5.74, 6) is -1.15. The van der Waals surface area contributed by atoms with Gasteiger partial charge in [0.2, 0.25) is 15.8 Å². The Labute approximate surface area is 136 Å². The highest BCUT2D eigenvalue weighted by molar-refractivity contribution is 7.92. The highest BCUT2D eigenvalue weighted by Gasteiger charge is 2.22. The molecule has 1 unspecified atom stereocenters. The minimum absolute atomic E-state index is 0.145. The first-order valence-electron chi connectivity index (χ1n) is 7.33. The number of anilines is 1. The third kappa shape index (κ3) is 6.79. The Kier molecular flexibility index (Phi) is 7.18. The van der Waals surface area contributed by atoms with Gasteiger partial charge < -0.3 is 10.6 Å². The summed E-state index contributed by atoms with van der Waals surface area (Å²) in [6.07, 6.45) is 2.45. The van der Waals surface area contributed by atoms with Crippen LogP contribution in [0.25, 0.3) is 0 Å². The van der Waals surface area contributed by atoms with Gasteiger partial charge in [-0.1, -0.05) is 25.5 Å². The van der Waals surface area contributed by atoms with E-state index in [-0.39, 0.29) is 6.54 Å². The Bertz CT molecular complexity index is 658. The molecule has 0 heterocycles. The summed E-state index contributed by atoms with van der Waals surface area (Å²) in [6, 6.07) is 6.13. The smallest absolute Gasteiger partial charge is 0.289 e. The van der Waals surface area contributed by atoms with Crippen molar-refractivity contribution in [2.75, 3.05) is 18.0 Å². The molecule has 1 atom stereocenters. The zero-order chi connectivity index (χ0) is 17.5. The number of ketones is 1. The highest BCUT2D eigenvalue weighted by atomic mass is 32.2. The molecule has 128 valence electrons. The number of nitrogens with one attached hydrogen (secondary N) is 3. The zero-order valence-corrected chi connectivity index (χ0v) is 14.4. The molecule has 1 aromatic rings. The first-order chi connectivity index (χ1) is 10.8. The molecular formula is C15H23N3O4S. The van der Waals surface area contributed by atoms with Gasteiger partial charge in [-0.3, -0.25) is 14.3 Å². The molecule has 0 aliphatic carbocycles. The number of amides is 1. The van der Waals surface area contributed by atoms with E-state index in [1.54, 1.807) is 31.3 Å². The molecular weight excluding hydrogens is 318 g/mol. The van der Waals surface area contributed by atoms with Crippen molar-refractivity contribution in [2.24, 2.45) is 0 Å².